The Kier molecular flexibility index (Phi) is 4.00. The first-order valence-corrected chi connectivity index (χ1v) is 5.30. The van der Waals surface area contributed by atoms with E-state index in [1.165, 1.54) is 4.57 Å². The quantitative estimate of drug-likeness (QED) is 0.477. The van der Waals surface area contributed by atoms with E-state index in [0.717, 1.165) is 16.1 Å². The predicted octanol–water partition coefficient (Wildman–Crippen LogP) is -2.23. The second kappa shape index (κ2) is 4.26. The van der Waals surface area contributed by atoms with Gasteiger partial charge in [-0.3, -0.25) is 0 Å². The number of allylic oxidation sites excluding steroid dienone is 1. The summed E-state index contributed by atoms with van der Waals surface area (Å²) in [4.78, 5) is 10.6. The van der Waals surface area contributed by atoms with Gasteiger partial charge < -0.3 is 14.9 Å². The van der Waals surface area contributed by atoms with Crippen molar-refractivity contribution in [2.75, 3.05) is 0 Å². The van der Waals surface area contributed by atoms with Gasteiger partial charge in [-0.05, 0) is 6.92 Å². The number of amides is 2. The fourth-order valence-electron chi connectivity index (χ4n) is 0.559. The lowest BCUT2D eigenvalue weighted by Crippen LogP contribution is -2.42. The van der Waals surface area contributed by atoms with Crippen LogP contribution in [0, 0.1) is 0 Å². The third kappa shape index (κ3) is 2.81. The number of hydrogen-bond donors (Lipinski definition) is 2. The highest BCUT2D eigenvalue weighted by Crippen LogP contribution is 1.94. The van der Waals surface area contributed by atoms with Crippen molar-refractivity contribution in [3.63, 3.8) is 0 Å². The molecule has 0 aromatic carbocycles. The monoisotopic (exact) mass is 175 g/mol. The summed E-state index contributed by atoms with van der Waals surface area (Å²) in [6, 6.07) is -0.400. The summed E-state index contributed by atoms with van der Waals surface area (Å²) in [5, 5.41) is 0. The van der Waals surface area contributed by atoms with Crippen LogP contribution >= 0.6 is 0 Å². The first kappa shape index (κ1) is 9.40. The minimum Gasteiger partial charge on any atom is -0.355 e. The van der Waals surface area contributed by atoms with Crippen molar-refractivity contribution < 1.29 is 4.79 Å². The summed E-state index contributed by atoms with van der Waals surface area (Å²) in [6.45, 7) is 5.41. The molecule has 0 bridgehead atoms. The summed E-state index contributed by atoms with van der Waals surface area (Å²) >= 11 is 0. The van der Waals surface area contributed by atoms with Crippen molar-refractivity contribution in [1.29, 1.82) is 0 Å². The van der Waals surface area contributed by atoms with Crippen molar-refractivity contribution in [2.24, 2.45) is 5.73 Å². The molecule has 0 unspecified atom stereocenters. The average molecular weight is 175 g/mol. The first-order valence-electron chi connectivity index (χ1n) is 2.96. The zero-order valence-electron chi connectivity index (χ0n) is 6.35. The van der Waals surface area contributed by atoms with Crippen molar-refractivity contribution in [2.45, 2.75) is 6.92 Å². The second-order valence-electron chi connectivity index (χ2n) is 2.01. The lowest BCUT2D eigenvalue weighted by Gasteiger charge is -2.18. The maximum atomic E-state index is 10.6. The van der Waals surface area contributed by atoms with Crippen LogP contribution in [0.1, 0.15) is 6.92 Å². The van der Waals surface area contributed by atoms with Crippen molar-refractivity contribution in [3.05, 3.63) is 12.3 Å². The number of nitrogens with two attached hydrogens (primary N) is 1. The Morgan fingerprint density at radius 1 is 1.90 bits per heavy atom. The number of urea groups is 1. The first-order chi connectivity index (χ1) is 4.59. The summed E-state index contributed by atoms with van der Waals surface area (Å²) in [5.41, 5.74) is 5.78. The molecular weight excluding hydrogens is 162 g/mol. The molecule has 58 valence electrons. The predicted molar refractivity (Wildman–Crippen MR) is 47.9 cm³/mol. The van der Waals surface area contributed by atoms with E-state index in [4.69, 9.17) is 5.73 Å². The molecule has 0 atom stereocenters. The van der Waals surface area contributed by atoms with E-state index >= 15 is 0 Å². The lowest BCUT2D eigenvalue weighted by atomic mass is 10.6. The molecule has 0 spiro atoms. The Morgan fingerprint density at radius 3 is 2.50 bits per heavy atom. The summed E-state index contributed by atoms with van der Waals surface area (Å²) in [7, 11) is 0.211. The van der Waals surface area contributed by atoms with Crippen LogP contribution in [0.15, 0.2) is 12.3 Å². The zero-order valence-corrected chi connectivity index (χ0v) is 9.76. The Labute approximate surface area is 65.9 Å². The molecule has 0 aliphatic heterocycles. The van der Waals surface area contributed by atoms with Gasteiger partial charge in [0, 0.05) is 5.70 Å². The zero-order chi connectivity index (χ0) is 8.15. The molecule has 0 radical (unpaired) electrons. The molecule has 2 amide bonds. The van der Waals surface area contributed by atoms with Crippen LogP contribution in [0.3, 0.4) is 0 Å². The second-order valence-corrected chi connectivity index (χ2v) is 5.79. The van der Waals surface area contributed by atoms with Crippen LogP contribution < -0.4 is 10.4 Å². The number of carbonyl (C=O) groups excluding carboxylic acids is 1. The van der Waals surface area contributed by atoms with Crippen LogP contribution in [0.2, 0.25) is 0 Å². The molecule has 0 saturated carbocycles. The number of hydrogen-bond acceptors (Lipinski definition) is 2. The SMILES string of the molecule is C=C(C)N([SiH2]N[SiH3])C(N)=O. The number of rotatable bonds is 3. The van der Waals surface area contributed by atoms with Gasteiger partial charge in [-0.2, -0.15) is 0 Å². The van der Waals surface area contributed by atoms with E-state index in [0.29, 0.717) is 0 Å². The molecule has 0 saturated heterocycles. The topological polar surface area (TPSA) is 58.4 Å². The maximum Gasteiger partial charge on any atom is 0.311 e. The van der Waals surface area contributed by atoms with Crippen LogP contribution in [0.5, 0.6) is 0 Å². The van der Waals surface area contributed by atoms with Gasteiger partial charge in [-0.25, -0.2) is 4.79 Å². The molecular formula is C4H13N3OSi2. The Balaban J connectivity index is 3.98. The highest BCUT2D eigenvalue weighted by Gasteiger charge is 2.07. The average Bonchev–Trinajstić information content (AvgIpc) is 1.81. The molecule has 0 rings (SSSR count). The van der Waals surface area contributed by atoms with E-state index in [1.54, 1.807) is 6.92 Å². The molecule has 0 heterocycles. The van der Waals surface area contributed by atoms with Gasteiger partial charge in [0.05, 0.1) is 10.4 Å². The Bertz CT molecular complexity index is 135. The molecule has 0 fully saturated rings. The number of primary amides is 1. The summed E-state index contributed by atoms with van der Waals surface area (Å²) in [6.07, 6.45) is 0. The van der Waals surface area contributed by atoms with Crippen LogP contribution in [-0.2, 0) is 0 Å². The van der Waals surface area contributed by atoms with Gasteiger partial charge in [0.25, 0.3) is 0 Å². The molecule has 0 aliphatic carbocycles. The molecule has 6 heteroatoms. The van der Waals surface area contributed by atoms with Gasteiger partial charge in [0.1, 0.15) is 0 Å². The van der Waals surface area contributed by atoms with E-state index in [-0.39, 0.29) is 0 Å². The number of nitrogens with one attached hydrogen (secondary N) is 1. The van der Waals surface area contributed by atoms with E-state index in [9.17, 15) is 4.79 Å². The molecule has 0 aromatic rings. The van der Waals surface area contributed by atoms with Crippen molar-refractivity contribution in [1.82, 2.24) is 9.21 Å². The van der Waals surface area contributed by atoms with Gasteiger partial charge in [-0.15, -0.1) is 0 Å². The largest absolute Gasteiger partial charge is 0.355 e. The van der Waals surface area contributed by atoms with Crippen LogP contribution in [0.4, 0.5) is 4.79 Å². The highest BCUT2D eigenvalue weighted by molar-refractivity contribution is 6.43. The minimum atomic E-state index is -0.688. The molecule has 4 nitrogen and oxygen atoms in total. The standard InChI is InChI=1S/C4H13N3OSi2/c1-3(2)7(4(5)8)10-6-9/h6H,1,10H2,2,9H3,(H2,5,8). The summed E-state index contributed by atoms with van der Waals surface area (Å²) in [5.74, 6) is 0. The number of carbonyl (C=O) groups is 1. The van der Waals surface area contributed by atoms with E-state index in [2.05, 4.69) is 11.2 Å². The van der Waals surface area contributed by atoms with Gasteiger partial charge in [0.15, 0.2) is 0 Å². The molecule has 0 aromatic heterocycles. The normalized spacial score (nSPS) is 10.5. The van der Waals surface area contributed by atoms with Crippen LogP contribution in [-0.4, -0.2) is 30.8 Å². The van der Waals surface area contributed by atoms with E-state index in [1.807, 2.05) is 0 Å². The smallest absolute Gasteiger partial charge is 0.311 e. The molecule has 3 N–H and O–H groups in total. The highest BCUT2D eigenvalue weighted by atomic mass is 28.3. The molecule has 10 heavy (non-hydrogen) atoms. The fourth-order valence-corrected chi connectivity index (χ4v) is 2.25. The van der Waals surface area contributed by atoms with Gasteiger partial charge in [-0.1, -0.05) is 6.58 Å². The Hall–Kier alpha value is -0.596. The molecule has 0 aliphatic rings. The minimum absolute atomic E-state index is 0.400. The maximum absolute atomic E-state index is 10.6. The van der Waals surface area contributed by atoms with E-state index < -0.39 is 15.9 Å². The summed E-state index contributed by atoms with van der Waals surface area (Å²) < 4.78 is 4.59. The van der Waals surface area contributed by atoms with Gasteiger partial charge >= 0.3 is 6.03 Å². The fraction of sp³-hybridized carbons (Fsp3) is 0.250. The van der Waals surface area contributed by atoms with Crippen LogP contribution in [0.25, 0.3) is 0 Å². The lowest BCUT2D eigenvalue weighted by molar-refractivity contribution is 0.238. The number of nitrogens with zero attached hydrogens (tertiary/aromatic N) is 1. The Morgan fingerprint density at radius 2 is 2.40 bits per heavy atom. The third-order valence-corrected chi connectivity index (χ3v) is 3.48. The third-order valence-electron chi connectivity index (χ3n) is 1.04. The van der Waals surface area contributed by atoms with Gasteiger partial charge in [0.2, 0.25) is 9.84 Å². The van der Waals surface area contributed by atoms with Crippen molar-refractivity contribution in [3.8, 4) is 0 Å². The van der Waals surface area contributed by atoms with Crippen molar-refractivity contribution >= 4 is 26.3 Å².